The standard InChI is InChI=1S/C13H15NO3/c1-9(6-7-15)14-13(16)11-8-17-12-5-3-2-4-10(11)12/h2-5,8-9,15H,6-7H2,1H3,(H,14,16). The van der Waals surface area contributed by atoms with E-state index in [0.29, 0.717) is 17.6 Å². The van der Waals surface area contributed by atoms with Gasteiger partial charge < -0.3 is 14.8 Å². The van der Waals surface area contributed by atoms with E-state index in [9.17, 15) is 4.79 Å². The number of amides is 1. The van der Waals surface area contributed by atoms with Gasteiger partial charge in [-0.1, -0.05) is 18.2 Å². The van der Waals surface area contributed by atoms with Gasteiger partial charge >= 0.3 is 0 Å². The zero-order chi connectivity index (χ0) is 12.3. The average Bonchev–Trinajstić information content (AvgIpc) is 2.72. The predicted molar refractivity (Wildman–Crippen MR) is 64.8 cm³/mol. The molecule has 0 bridgehead atoms. The normalized spacial score (nSPS) is 12.6. The lowest BCUT2D eigenvalue weighted by Gasteiger charge is -2.11. The molecular formula is C13H15NO3. The van der Waals surface area contributed by atoms with Crippen LogP contribution < -0.4 is 5.32 Å². The lowest BCUT2D eigenvalue weighted by Crippen LogP contribution is -2.33. The Hall–Kier alpha value is -1.81. The van der Waals surface area contributed by atoms with Crippen LogP contribution in [0.2, 0.25) is 0 Å². The van der Waals surface area contributed by atoms with Crippen LogP contribution in [0.15, 0.2) is 34.9 Å². The Bertz CT molecular complexity index is 518. The van der Waals surface area contributed by atoms with Crippen molar-refractivity contribution in [1.82, 2.24) is 5.32 Å². The highest BCUT2D eigenvalue weighted by atomic mass is 16.3. The van der Waals surface area contributed by atoms with Crippen molar-refractivity contribution in [2.24, 2.45) is 0 Å². The maximum absolute atomic E-state index is 12.0. The quantitative estimate of drug-likeness (QED) is 0.848. The molecule has 1 aromatic heterocycles. The van der Waals surface area contributed by atoms with Crippen LogP contribution >= 0.6 is 0 Å². The molecule has 1 amide bonds. The van der Waals surface area contributed by atoms with E-state index in [1.54, 1.807) is 0 Å². The van der Waals surface area contributed by atoms with Crippen molar-refractivity contribution in [1.29, 1.82) is 0 Å². The van der Waals surface area contributed by atoms with Gasteiger partial charge in [-0.15, -0.1) is 0 Å². The van der Waals surface area contributed by atoms with E-state index < -0.39 is 0 Å². The first-order chi connectivity index (χ1) is 8.22. The number of aliphatic hydroxyl groups excluding tert-OH is 1. The number of aliphatic hydroxyl groups is 1. The van der Waals surface area contributed by atoms with Crippen LogP contribution in [0.4, 0.5) is 0 Å². The molecule has 0 radical (unpaired) electrons. The molecule has 17 heavy (non-hydrogen) atoms. The number of nitrogens with one attached hydrogen (secondary N) is 1. The molecule has 2 rings (SSSR count). The van der Waals surface area contributed by atoms with E-state index in [-0.39, 0.29) is 18.6 Å². The number of fused-ring (bicyclic) bond motifs is 1. The molecule has 0 saturated carbocycles. The topological polar surface area (TPSA) is 62.5 Å². The van der Waals surface area contributed by atoms with E-state index >= 15 is 0 Å². The summed E-state index contributed by atoms with van der Waals surface area (Å²) in [5.41, 5.74) is 1.23. The number of carbonyl (C=O) groups excluding carboxylic acids is 1. The Morgan fingerprint density at radius 3 is 3.00 bits per heavy atom. The summed E-state index contributed by atoms with van der Waals surface area (Å²) in [5.74, 6) is -0.170. The number of para-hydroxylation sites is 1. The summed E-state index contributed by atoms with van der Waals surface area (Å²) in [7, 11) is 0. The molecule has 0 saturated heterocycles. The number of hydrogen-bond donors (Lipinski definition) is 2. The van der Waals surface area contributed by atoms with Crippen molar-refractivity contribution in [2.45, 2.75) is 19.4 Å². The summed E-state index contributed by atoms with van der Waals surface area (Å²) in [6.07, 6.45) is 2.01. The minimum absolute atomic E-state index is 0.0545. The molecular weight excluding hydrogens is 218 g/mol. The Morgan fingerprint density at radius 1 is 1.47 bits per heavy atom. The first-order valence-electron chi connectivity index (χ1n) is 5.60. The fourth-order valence-corrected chi connectivity index (χ4v) is 1.72. The number of carbonyl (C=O) groups is 1. The SMILES string of the molecule is CC(CCO)NC(=O)c1coc2ccccc12. The molecule has 4 nitrogen and oxygen atoms in total. The lowest BCUT2D eigenvalue weighted by atomic mass is 10.1. The highest BCUT2D eigenvalue weighted by Crippen LogP contribution is 2.20. The summed E-state index contributed by atoms with van der Waals surface area (Å²) < 4.78 is 5.30. The van der Waals surface area contributed by atoms with E-state index in [1.165, 1.54) is 6.26 Å². The second-order valence-electron chi connectivity index (χ2n) is 4.03. The fourth-order valence-electron chi connectivity index (χ4n) is 1.72. The van der Waals surface area contributed by atoms with Gasteiger partial charge in [-0.3, -0.25) is 4.79 Å². The average molecular weight is 233 g/mol. The highest BCUT2D eigenvalue weighted by Gasteiger charge is 2.14. The Balaban J connectivity index is 2.19. The van der Waals surface area contributed by atoms with Gasteiger partial charge in [0.1, 0.15) is 11.8 Å². The predicted octanol–water partition coefficient (Wildman–Crippen LogP) is 1.93. The Morgan fingerprint density at radius 2 is 2.24 bits per heavy atom. The first-order valence-corrected chi connectivity index (χ1v) is 5.60. The van der Waals surface area contributed by atoms with Gasteiger partial charge in [0.2, 0.25) is 0 Å². The van der Waals surface area contributed by atoms with Gasteiger partial charge in [0.15, 0.2) is 0 Å². The third-order valence-corrected chi connectivity index (χ3v) is 2.67. The van der Waals surface area contributed by atoms with Gasteiger partial charge in [0, 0.05) is 18.0 Å². The maximum Gasteiger partial charge on any atom is 0.255 e. The van der Waals surface area contributed by atoms with Gasteiger partial charge in [-0.2, -0.15) is 0 Å². The Labute approximate surface area is 99.2 Å². The molecule has 0 aliphatic rings. The van der Waals surface area contributed by atoms with Crippen molar-refractivity contribution in [3.8, 4) is 0 Å². The van der Waals surface area contributed by atoms with Gasteiger partial charge in [0.05, 0.1) is 5.56 Å². The molecule has 0 aliphatic carbocycles. The van der Waals surface area contributed by atoms with Crippen molar-refractivity contribution < 1.29 is 14.3 Å². The molecule has 1 atom stereocenters. The van der Waals surface area contributed by atoms with Crippen LogP contribution in [-0.4, -0.2) is 23.7 Å². The third kappa shape index (κ3) is 2.47. The number of rotatable bonds is 4. The van der Waals surface area contributed by atoms with E-state index in [1.807, 2.05) is 31.2 Å². The second-order valence-corrected chi connectivity index (χ2v) is 4.03. The summed E-state index contributed by atoms with van der Waals surface area (Å²) in [4.78, 5) is 12.0. The maximum atomic E-state index is 12.0. The number of furan rings is 1. The molecule has 0 spiro atoms. The fraction of sp³-hybridized carbons (Fsp3) is 0.308. The van der Waals surface area contributed by atoms with Crippen LogP contribution in [0.1, 0.15) is 23.7 Å². The molecule has 2 aromatic rings. The number of benzene rings is 1. The monoisotopic (exact) mass is 233 g/mol. The zero-order valence-electron chi connectivity index (χ0n) is 9.64. The molecule has 0 aliphatic heterocycles. The van der Waals surface area contributed by atoms with Crippen LogP contribution in [-0.2, 0) is 0 Å². The summed E-state index contributed by atoms with van der Waals surface area (Å²) >= 11 is 0. The summed E-state index contributed by atoms with van der Waals surface area (Å²) in [6, 6.07) is 7.35. The Kier molecular flexibility index (Phi) is 3.44. The molecule has 0 fully saturated rings. The largest absolute Gasteiger partial charge is 0.463 e. The minimum Gasteiger partial charge on any atom is -0.463 e. The van der Waals surface area contributed by atoms with Gasteiger partial charge in [0.25, 0.3) is 5.91 Å². The minimum atomic E-state index is -0.170. The van der Waals surface area contributed by atoms with Gasteiger partial charge in [-0.25, -0.2) is 0 Å². The summed E-state index contributed by atoms with van der Waals surface area (Å²) in [6.45, 7) is 1.92. The number of hydrogen-bond acceptors (Lipinski definition) is 3. The van der Waals surface area contributed by atoms with E-state index in [4.69, 9.17) is 9.52 Å². The molecule has 1 aromatic carbocycles. The van der Waals surface area contributed by atoms with Crippen LogP contribution in [0.5, 0.6) is 0 Å². The smallest absolute Gasteiger partial charge is 0.255 e. The van der Waals surface area contributed by atoms with Crippen LogP contribution in [0, 0.1) is 0 Å². The zero-order valence-corrected chi connectivity index (χ0v) is 9.64. The molecule has 1 heterocycles. The molecule has 1 unspecified atom stereocenters. The van der Waals surface area contributed by atoms with E-state index in [0.717, 1.165) is 5.39 Å². The van der Waals surface area contributed by atoms with Crippen molar-refractivity contribution >= 4 is 16.9 Å². The summed E-state index contributed by atoms with van der Waals surface area (Å²) in [5, 5.41) is 12.4. The van der Waals surface area contributed by atoms with E-state index in [2.05, 4.69) is 5.32 Å². The third-order valence-electron chi connectivity index (χ3n) is 2.67. The van der Waals surface area contributed by atoms with Crippen molar-refractivity contribution in [2.75, 3.05) is 6.61 Å². The molecule has 2 N–H and O–H groups in total. The highest BCUT2D eigenvalue weighted by molar-refractivity contribution is 6.05. The van der Waals surface area contributed by atoms with Crippen LogP contribution in [0.25, 0.3) is 11.0 Å². The molecule has 4 heteroatoms. The van der Waals surface area contributed by atoms with Gasteiger partial charge in [-0.05, 0) is 19.4 Å². The second kappa shape index (κ2) is 5.01. The van der Waals surface area contributed by atoms with Crippen molar-refractivity contribution in [3.63, 3.8) is 0 Å². The first kappa shape index (κ1) is 11.7. The van der Waals surface area contributed by atoms with Crippen LogP contribution in [0.3, 0.4) is 0 Å². The molecule has 90 valence electrons. The van der Waals surface area contributed by atoms with Crippen molar-refractivity contribution in [3.05, 3.63) is 36.1 Å². The lowest BCUT2D eigenvalue weighted by molar-refractivity contribution is 0.0935.